The summed E-state index contributed by atoms with van der Waals surface area (Å²) < 4.78 is 17.9. The van der Waals surface area contributed by atoms with Gasteiger partial charge in [0.25, 0.3) is 0 Å². The highest BCUT2D eigenvalue weighted by atomic mass is 79.9. The van der Waals surface area contributed by atoms with E-state index in [1.165, 1.54) is 6.07 Å². The molecular weight excluding hydrogens is 291 g/mol. The third-order valence-electron chi connectivity index (χ3n) is 2.10. The average Bonchev–Trinajstić information content (AvgIpc) is 2.29. The monoisotopic (exact) mass is 302 g/mol. The molecule has 0 fully saturated rings. The molecule has 5 heteroatoms. The highest BCUT2D eigenvalue weighted by Gasteiger charge is 2.18. The van der Waals surface area contributed by atoms with Crippen LogP contribution in [0, 0.1) is 5.82 Å². The van der Waals surface area contributed by atoms with Gasteiger partial charge in [0.1, 0.15) is 5.82 Å². The summed E-state index contributed by atoms with van der Waals surface area (Å²) in [6.07, 6.45) is 0.248. The first-order valence-electron chi connectivity index (χ1n) is 5.16. The summed E-state index contributed by atoms with van der Waals surface area (Å²) in [6, 6.07) is 3.50. The van der Waals surface area contributed by atoms with Crippen LogP contribution in [0.4, 0.5) is 4.39 Å². The van der Waals surface area contributed by atoms with Gasteiger partial charge in [-0.1, -0.05) is 15.9 Å². The molecule has 0 bridgehead atoms. The van der Waals surface area contributed by atoms with Crippen LogP contribution < -0.4 is 0 Å². The normalized spacial score (nSPS) is 10.1. The van der Waals surface area contributed by atoms with Crippen molar-refractivity contribution in [2.24, 2.45) is 0 Å². The Morgan fingerprint density at radius 2 is 2.06 bits per heavy atom. The number of benzene rings is 1. The number of esters is 1. The predicted octanol–water partition coefficient (Wildman–Crippen LogP) is 2.97. The van der Waals surface area contributed by atoms with Gasteiger partial charge in [-0.15, -0.1) is 0 Å². The maximum atomic E-state index is 13.1. The van der Waals surface area contributed by atoms with Gasteiger partial charge in [-0.3, -0.25) is 4.79 Å². The second-order valence-electron chi connectivity index (χ2n) is 3.27. The summed E-state index contributed by atoms with van der Waals surface area (Å²) in [5, 5.41) is 0.492. The van der Waals surface area contributed by atoms with Gasteiger partial charge in [-0.2, -0.15) is 0 Å². The molecule has 0 unspecified atom stereocenters. The quantitative estimate of drug-likeness (QED) is 0.477. The molecule has 0 amide bonds. The van der Waals surface area contributed by atoms with Crippen molar-refractivity contribution in [1.82, 2.24) is 0 Å². The highest BCUT2D eigenvalue weighted by Crippen LogP contribution is 2.15. The number of halogens is 2. The highest BCUT2D eigenvalue weighted by molar-refractivity contribution is 9.09. The zero-order chi connectivity index (χ0) is 12.8. The molecular formula is C12H12BrFO3. The first-order chi connectivity index (χ1) is 8.10. The Balaban J connectivity index is 3.11. The Kier molecular flexibility index (Phi) is 5.28. The van der Waals surface area contributed by atoms with Gasteiger partial charge in [-0.05, 0) is 25.1 Å². The van der Waals surface area contributed by atoms with E-state index in [1.54, 1.807) is 6.92 Å². The number of alkyl halides is 1. The summed E-state index contributed by atoms with van der Waals surface area (Å²) in [4.78, 5) is 23.3. The Labute approximate surface area is 107 Å². The van der Waals surface area contributed by atoms with E-state index >= 15 is 0 Å². The first kappa shape index (κ1) is 13.8. The molecule has 0 spiro atoms. The van der Waals surface area contributed by atoms with Crippen LogP contribution in [0.25, 0.3) is 0 Å². The summed E-state index contributed by atoms with van der Waals surface area (Å²) in [5.74, 6) is -1.46. The second-order valence-corrected chi connectivity index (χ2v) is 4.07. The van der Waals surface area contributed by atoms with Crippen LogP contribution >= 0.6 is 15.9 Å². The number of Topliss-reactive ketones (excluding diaryl/α,β-unsaturated/α-hetero) is 1. The van der Waals surface area contributed by atoms with E-state index in [4.69, 9.17) is 4.74 Å². The Morgan fingerprint density at radius 3 is 2.65 bits per heavy atom. The van der Waals surface area contributed by atoms with Gasteiger partial charge in [0, 0.05) is 17.3 Å². The SMILES string of the molecule is CCOC(=O)c1cc(F)ccc1C(=O)CCBr. The van der Waals surface area contributed by atoms with Crippen LogP contribution in [0.5, 0.6) is 0 Å². The maximum absolute atomic E-state index is 13.1. The van der Waals surface area contributed by atoms with E-state index in [-0.39, 0.29) is 29.9 Å². The predicted molar refractivity (Wildman–Crippen MR) is 65.1 cm³/mol. The van der Waals surface area contributed by atoms with Crippen molar-refractivity contribution in [3.8, 4) is 0 Å². The summed E-state index contributed by atoms with van der Waals surface area (Å²) in [5.41, 5.74) is 0.183. The van der Waals surface area contributed by atoms with E-state index < -0.39 is 11.8 Å². The number of rotatable bonds is 5. The van der Waals surface area contributed by atoms with Crippen molar-refractivity contribution in [2.75, 3.05) is 11.9 Å². The van der Waals surface area contributed by atoms with Crippen molar-refractivity contribution in [2.45, 2.75) is 13.3 Å². The molecule has 17 heavy (non-hydrogen) atoms. The zero-order valence-corrected chi connectivity index (χ0v) is 10.9. The summed E-state index contributed by atoms with van der Waals surface area (Å²) in [6.45, 7) is 1.83. The third kappa shape index (κ3) is 3.63. The molecule has 0 aliphatic carbocycles. The number of carbonyl (C=O) groups excluding carboxylic acids is 2. The largest absolute Gasteiger partial charge is 0.462 e. The van der Waals surface area contributed by atoms with Crippen molar-refractivity contribution < 1.29 is 18.7 Å². The number of ether oxygens (including phenoxy) is 1. The van der Waals surface area contributed by atoms with Crippen molar-refractivity contribution in [3.63, 3.8) is 0 Å². The topological polar surface area (TPSA) is 43.4 Å². The van der Waals surface area contributed by atoms with Crippen LogP contribution in [0.2, 0.25) is 0 Å². The Hall–Kier alpha value is -1.23. The molecule has 1 aromatic carbocycles. The lowest BCUT2D eigenvalue weighted by Gasteiger charge is -2.07. The molecule has 0 aliphatic rings. The molecule has 0 saturated carbocycles. The molecule has 0 saturated heterocycles. The minimum Gasteiger partial charge on any atom is -0.462 e. The lowest BCUT2D eigenvalue weighted by Crippen LogP contribution is -2.12. The van der Waals surface area contributed by atoms with Gasteiger partial charge in [0.15, 0.2) is 5.78 Å². The smallest absolute Gasteiger partial charge is 0.338 e. The van der Waals surface area contributed by atoms with Gasteiger partial charge in [0.05, 0.1) is 12.2 Å². The summed E-state index contributed by atoms with van der Waals surface area (Å²) in [7, 11) is 0. The fourth-order valence-electron chi connectivity index (χ4n) is 1.36. The van der Waals surface area contributed by atoms with Crippen molar-refractivity contribution in [1.29, 1.82) is 0 Å². The van der Waals surface area contributed by atoms with Crippen molar-refractivity contribution >= 4 is 27.7 Å². The second kappa shape index (κ2) is 6.49. The Morgan fingerprint density at radius 1 is 1.35 bits per heavy atom. The lowest BCUT2D eigenvalue weighted by atomic mass is 10.0. The molecule has 3 nitrogen and oxygen atoms in total. The molecule has 0 aliphatic heterocycles. The fourth-order valence-corrected chi connectivity index (χ4v) is 1.72. The minimum absolute atomic E-state index is 0.0159. The van der Waals surface area contributed by atoms with Crippen LogP contribution in [0.15, 0.2) is 18.2 Å². The number of ketones is 1. The first-order valence-corrected chi connectivity index (χ1v) is 6.28. The maximum Gasteiger partial charge on any atom is 0.338 e. The molecule has 0 N–H and O–H groups in total. The summed E-state index contributed by atoms with van der Waals surface area (Å²) >= 11 is 3.14. The molecule has 1 aromatic rings. The molecule has 0 heterocycles. The van der Waals surface area contributed by atoms with E-state index in [0.29, 0.717) is 5.33 Å². The third-order valence-corrected chi connectivity index (χ3v) is 2.50. The van der Waals surface area contributed by atoms with Crippen LogP contribution in [0.1, 0.15) is 34.1 Å². The van der Waals surface area contributed by atoms with E-state index in [1.807, 2.05) is 0 Å². The lowest BCUT2D eigenvalue weighted by molar-refractivity contribution is 0.0522. The van der Waals surface area contributed by atoms with Crippen LogP contribution in [-0.2, 0) is 4.74 Å². The van der Waals surface area contributed by atoms with Gasteiger partial charge in [-0.25, -0.2) is 9.18 Å². The number of hydrogen-bond acceptors (Lipinski definition) is 3. The average molecular weight is 303 g/mol. The fraction of sp³-hybridized carbons (Fsp3) is 0.333. The minimum atomic E-state index is -0.676. The number of carbonyl (C=O) groups is 2. The molecule has 0 aromatic heterocycles. The van der Waals surface area contributed by atoms with Crippen LogP contribution in [0.3, 0.4) is 0 Å². The van der Waals surface area contributed by atoms with Crippen LogP contribution in [-0.4, -0.2) is 23.7 Å². The molecule has 1 rings (SSSR count). The van der Waals surface area contributed by atoms with Gasteiger partial charge < -0.3 is 4.74 Å². The zero-order valence-electron chi connectivity index (χ0n) is 9.33. The van der Waals surface area contributed by atoms with Gasteiger partial charge >= 0.3 is 5.97 Å². The molecule has 0 radical (unpaired) electrons. The molecule has 92 valence electrons. The molecule has 0 atom stereocenters. The standard InChI is InChI=1S/C12H12BrFO3/c1-2-17-12(16)10-7-8(14)3-4-9(10)11(15)5-6-13/h3-4,7H,2,5-6H2,1H3. The van der Waals surface area contributed by atoms with E-state index in [9.17, 15) is 14.0 Å². The van der Waals surface area contributed by atoms with Crippen molar-refractivity contribution in [3.05, 3.63) is 35.1 Å². The van der Waals surface area contributed by atoms with E-state index in [2.05, 4.69) is 15.9 Å². The Bertz CT molecular complexity index is 432. The number of hydrogen-bond donors (Lipinski definition) is 0. The van der Waals surface area contributed by atoms with E-state index in [0.717, 1.165) is 12.1 Å². The van der Waals surface area contributed by atoms with Gasteiger partial charge in [0.2, 0.25) is 0 Å².